The second-order valence-electron chi connectivity index (χ2n) is 6.82. The van der Waals surface area contributed by atoms with Crippen LogP contribution in [0.25, 0.3) is 0 Å². The van der Waals surface area contributed by atoms with E-state index in [2.05, 4.69) is 5.32 Å². The van der Waals surface area contributed by atoms with Crippen molar-refractivity contribution in [3.63, 3.8) is 0 Å². The van der Waals surface area contributed by atoms with Gasteiger partial charge >= 0.3 is 11.9 Å². The van der Waals surface area contributed by atoms with Crippen molar-refractivity contribution in [3.05, 3.63) is 58.7 Å². The molecule has 0 saturated heterocycles. The third kappa shape index (κ3) is 6.05. The standard InChI is InChI=1S/C22H26N2O6/c1-14-6-7-19(28-3)17(8-14)12-24(2)13-20(25)23-18-10-15(21(26)29-4)9-16(11-18)22(27)30-5/h6-11H,12-13H2,1-5H3,(H,23,25). The Balaban J connectivity index is 2.12. The molecule has 160 valence electrons. The van der Waals surface area contributed by atoms with Crippen LogP contribution in [0.3, 0.4) is 0 Å². The summed E-state index contributed by atoms with van der Waals surface area (Å²) >= 11 is 0. The van der Waals surface area contributed by atoms with Crippen molar-refractivity contribution >= 4 is 23.5 Å². The van der Waals surface area contributed by atoms with Crippen LogP contribution in [0, 0.1) is 6.92 Å². The second-order valence-corrected chi connectivity index (χ2v) is 6.82. The molecule has 2 rings (SSSR count). The smallest absolute Gasteiger partial charge is 0.337 e. The van der Waals surface area contributed by atoms with Gasteiger partial charge in [-0.1, -0.05) is 17.7 Å². The Bertz CT molecular complexity index is 907. The summed E-state index contributed by atoms with van der Waals surface area (Å²) in [5.41, 5.74) is 2.62. The Morgan fingerprint density at radius 2 is 1.53 bits per heavy atom. The van der Waals surface area contributed by atoms with Crippen LogP contribution in [0.5, 0.6) is 5.75 Å². The van der Waals surface area contributed by atoms with Gasteiger partial charge in [0.2, 0.25) is 5.91 Å². The minimum absolute atomic E-state index is 0.0904. The summed E-state index contributed by atoms with van der Waals surface area (Å²) in [6.45, 7) is 2.59. The molecule has 30 heavy (non-hydrogen) atoms. The Hall–Kier alpha value is -3.39. The first-order valence-electron chi connectivity index (χ1n) is 9.21. The lowest BCUT2D eigenvalue weighted by molar-refractivity contribution is -0.117. The van der Waals surface area contributed by atoms with E-state index < -0.39 is 11.9 Å². The predicted octanol–water partition coefficient (Wildman–Crippen LogP) is 2.65. The average Bonchev–Trinajstić information content (AvgIpc) is 2.72. The number of carbonyl (C=O) groups excluding carboxylic acids is 3. The number of rotatable bonds is 8. The molecular formula is C22H26N2O6. The number of nitrogens with zero attached hydrogens (tertiary/aromatic N) is 1. The molecule has 0 spiro atoms. The highest BCUT2D eigenvalue weighted by Crippen LogP contribution is 2.21. The number of hydrogen-bond donors (Lipinski definition) is 1. The SMILES string of the molecule is COC(=O)c1cc(NC(=O)CN(C)Cc2cc(C)ccc2OC)cc(C(=O)OC)c1. The summed E-state index contributed by atoms with van der Waals surface area (Å²) in [4.78, 5) is 38.1. The summed E-state index contributed by atoms with van der Waals surface area (Å²) in [6, 6.07) is 10.1. The van der Waals surface area contributed by atoms with Crippen LogP contribution in [0.4, 0.5) is 5.69 Å². The van der Waals surface area contributed by atoms with Crippen molar-refractivity contribution < 1.29 is 28.6 Å². The third-order valence-corrected chi connectivity index (χ3v) is 4.35. The first kappa shape index (κ1) is 22.9. The van der Waals surface area contributed by atoms with Crippen molar-refractivity contribution in [2.24, 2.45) is 0 Å². The van der Waals surface area contributed by atoms with Crippen molar-refractivity contribution in [3.8, 4) is 5.75 Å². The summed E-state index contributed by atoms with van der Waals surface area (Å²) < 4.78 is 14.8. The number of esters is 2. The number of nitrogens with one attached hydrogen (secondary N) is 1. The maximum absolute atomic E-state index is 12.5. The molecule has 1 amide bonds. The van der Waals surface area contributed by atoms with E-state index in [1.165, 1.54) is 32.4 Å². The lowest BCUT2D eigenvalue weighted by atomic mass is 10.1. The number of carbonyl (C=O) groups is 3. The van der Waals surface area contributed by atoms with E-state index >= 15 is 0 Å². The minimum Gasteiger partial charge on any atom is -0.496 e. The topological polar surface area (TPSA) is 94.2 Å². The van der Waals surface area contributed by atoms with Crippen LogP contribution in [-0.4, -0.2) is 57.7 Å². The number of hydrogen-bond acceptors (Lipinski definition) is 7. The maximum atomic E-state index is 12.5. The quantitative estimate of drug-likeness (QED) is 0.664. The van der Waals surface area contributed by atoms with Crippen molar-refractivity contribution in [2.75, 3.05) is 40.2 Å². The number of aryl methyl sites for hydroxylation is 1. The molecule has 0 fully saturated rings. The highest BCUT2D eigenvalue weighted by Gasteiger charge is 2.16. The summed E-state index contributed by atoms with van der Waals surface area (Å²) in [6.07, 6.45) is 0. The molecular weight excluding hydrogens is 388 g/mol. The van der Waals surface area contributed by atoms with Gasteiger partial charge < -0.3 is 19.5 Å². The fourth-order valence-corrected chi connectivity index (χ4v) is 2.99. The van der Waals surface area contributed by atoms with E-state index in [0.29, 0.717) is 12.2 Å². The normalized spacial score (nSPS) is 10.5. The Labute approximate surface area is 175 Å². The van der Waals surface area contributed by atoms with Crippen LogP contribution in [0.2, 0.25) is 0 Å². The monoisotopic (exact) mass is 414 g/mol. The number of methoxy groups -OCH3 is 3. The van der Waals surface area contributed by atoms with Gasteiger partial charge in [-0.3, -0.25) is 9.69 Å². The Morgan fingerprint density at radius 3 is 2.07 bits per heavy atom. The Morgan fingerprint density at radius 1 is 0.933 bits per heavy atom. The van der Waals surface area contributed by atoms with Crippen molar-refractivity contribution in [1.29, 1.82) is 0 Å². The third-order valence-electron chi connectivity index (χ3n) is 4.35. The van der Waals surface area contributed by atoms with E-state index in [-0.39, 0.29) is 23.6 Å². The zero-order chi connectivity index (χ0) is 22.3. The van der Waals surface area contributed by atoms with Gasteiger partial charge in [-0.15, -0.1) is 0 Å². The second kappa shape index (κ2) is 10.4. The van der Waals surface area contributed by atoms with Gasteiger partial charge in [0.15, 0.2) is 0 Å². The summed E-state index contributed by atoms with van der Waals surface area (Å²) in [7, 11) is 5.89. The van der Waals surface area contributed by atoms with Gasteiger partial charge in [-0.2, -0.15) is 0 Å². The first-order chi connectivity index (χ1) is 14.3. The maximum Gasteiger partial charge on any atom is 0.337 e. The molecule has 2 aromatic carbocycles. The lowest BCUT2D eigenvalue weighted by Gasteiger charge is -2.19. The van der Waals surface area contributed by atoms with E-state index in [9.17, 15) is 14.4 Å². The highest BCUT2D eigenvalue weighted by atomic mass is 16.5. The molecule has 0 bridgehead atoms. The molecule has 0 unspecified atom stereocenters. The molecule has 0 aliphatic carbocycles. The average molecular weight is 414 g/mol. The molecule has 0 heterocycles. The summed E-state index contributed by atoms with van der Waals surface area (Å²) in [5, 5.41) is 2.71. The molecule has 8 heteroatoms. The predicted molar refractivity (Wildman–Crippen MR) is 112 cm³/mol. The fourth-order valence-electron chi connectivity index (χ4n) is 2.99. The molecule has 8 nitrogen and oxygen atoms in total. The van der Waals surface area contributed by atoms with E-state index in [1.54, 1.807) is 7.11 Å². The van der Waals surface area contributed by atoms with Gasteiger partial charge in [-0.25, -0.2) is 9.59 Å². The first-order valence-corrected chi connectivity index (χ1v) is 9.21. The van der Waals surface area contributed by atoms with Crippen LogP contribution in [0.1, 0.15) is 31.8 Å². The number of anilines is 1. The molecule has 0 radical (unpaired) electrons. The van der Waals surface area contributed by atoms with Crippen LogP contribution >= 0.6 is 0 Å². The zero-order valence-electron chi connectivity index (χ0n) is 17.8. The molecule has 0 atom stereocenters. The number of ether oxygens (including phenoxy) is 3. The van der Waals surface area contributed by atoms with Gasteiger partial charge in [-0.05, 0) is 38.2 Å². The molecule has 0 saturated carbocycles. The molecule has 0 aromatic heterocycles. The van der Waals surface area contributed by atoms with Gasteiger partial charge in [0, 0.05) is 17.8 Å². The lowest BCUT2D eigenvalue weighted by Crippen LogP contribution is -2.30. The number of benzene rings is 2. The molecule has 1 N–H and O–H groups in total. The highest BCUT2D eigenvalue weighted by molar-refractivity contribution is 5.99. The van der Waals surface area contributed by atoms with Gasteiger partial charge in [0.1, 0.15) is 5.75 Å². The Kier molecular flexibility index (Phi) is 7.94. The van der Waals surface area contributed by atoms with Crippen LogP contribution in [0.15, 0.2) is 36.4 Å². The van der Waals surface area contributed by atoms with Crippen LogP contribution < -0.4 is 10.1 Å². The fraction of sp³-hybridized carbons (Fsp3) is 0.318. The van der Waals surface area contributed by atoms with E-state index in [0.717, 1.165) is 16.9 Å². The minimum atomic E-state index is -0.625. The largest absolute Gasteiger partial charge is 0.496 e. The van der Waals surface area contributed by atoms with Crippen molar-refractivity contribution in [1.82, 2.24) is 4.90 Å². The molecule has 2 aromatic rings. The number of likely N-dealkylation sites (N-methyl/N-ethyl adjacent to an activating group) is 1. The van der Waals surface area contributed by atoms with Gasteiger partial charge in [0.05, 0.1) is 39.0 Å². The van der Waals surface area contributed by atoms with E-state index in [4.69, 9.17) is 14.2 Å². The zero-order valence-corrected chi connectivity index (χ0v) is 17.8. The van der Waals surface area contributed by atoms with Crippen LogP contribution in [-0.2, 0) is 20.8 Å². The van der Waals surface area contributed by atoms with E-state index in [1.807, 2.05) is 37.1 Å². The van der Waals surface area contributed by atoms with Crippen molar-refractivity contribution in [2.45, 2.75) is 13.5 Å². The summed E-state index contributed by atoms with van der Waals surface area (Å²) in [5.74, 6) is -0.803. The molecule has 0 aliphatic heterocycles. The van der Waals surface area contributed by atoms with Gasteiger partial charge in [0.25, 0.3) is 0 Å². The molecule has 0 aliphatic rings. The number of amides is 1.